The van der Waals surface area contributed by atoms with Gasteiger partial charge in [-0.05, 0) is 54.4 Å². The molecule has 1 heterocycles. The Bertz CT molecular complexity index is 999. The summed E-state index contributed by atoms with van der Waals surface area (Å²) in [5, 5.41) is 5.10. The van der Waals surface area contributed by atoms with Crippen LogP contribution in [0.15, 0.2) is 54.6 Å². The van der Waals surface area contributed by atoms with Gasteiger partial charge in [0.25, 0.3) is 5.91 Å². The van der Waals surface area contributed by atoms with Gasteiger partial charge in [0.1, 0.15) is 5.75 Å². The Kier molecular flexibility index (Phi) is 4.59. The molecule has 0 spiro atoms. The maximum absolute atomic E-state index is 13.0. The van der Waals surface area contributed by atoms with Crippen LogP contribution in [0.2, 0.25) is 0 Å². The van der Waals surface area contributed by atoms with Gasteiger partial charge in [-0.3, -0.25) is 4.79 Å². The van der Waals surface area contributed by atoms with Crippen molar-refractivity contribution in [2.24, 2.45) is 0 Å². The fourth-order valence-corrected chi connectivity index (χ4v) is 3.21. The molecule has 3 aromatic rings. The molecule has 0 radical (unpaired) electrons. The summed E-state index contributed by atoms with van der Waals surface area (Å²) in [6.07, 6.45) is 0. The molecule has 0 aromatic heterocycles. The topological polar surface area (TPSA) is 56.8 Å². The number of ether oxygens (including phenoxy) is 3. The minimum absolute atomic E-state index is 0.172. The first-order valence-corrected chi connectivity index (χ1v) is 9.01. The van der Waals surface area contributed by atoms with Crippen molar-refractivity contribution in [2.75, 3.05) is 13.4 Å². The summed E-state index contributed by atoms with van der Waals surface area (Å²) in [5.74, 6) is 1.85. The van der Waals surface area contributed by atoms with Crippen LogP contribution in [0.3, 0.4) is 0 Å². The summed E-state index contributed by atoms with van der Waals surface area (Å²) in [6, 6.07) is 17.2. The third kappa shape index (κ3) is 3.40. The van der Waals surface area contributed by atoms with Crippen LogP contribution in [0.5, 0.6) is 17.2 Å². The summed E-state index contributed by atoms with van der Waals surface area (Å²) in [6.45, 7) is 4.58. The molecule has 0 saturated carbocycles. The van der Waals surface area contributed by atoms with Gasteiger partial charge >= 0.3 is 0 Å². The van der Waals surface area contributed by atoms with Gasteiger partial charge in [-0.25, -0.2) is 0 Å². The van der Waals surface area contributed by atoms with Crippen molar-refractivity contribution in [1.29, 1.82) is 0 Å². The second kappa shape index (κ2) is 7.19. The van der Waals surface area contributed by atoms with Gasteiger partial charge in [-0.15, -0.1) is 0 Å². The molecular weight excluding hydrogens is 342 g/mol. The average molecular weight is 363 g/mol. The van der Waals surface area contributed by atoms with E-state index in [9.17, 15) is 4.79 Å². The molecule has 3 aromatic carbocycles. The standard InChI is InChI=1S/C22H21NO4/c1-3-25-20-12-17-7-5-4-6-16(17)10-18(20)22(24)23-14(2)15-8-9-19-21(11-15)27-13-26-19/h4-12,14H,3,13H2,1-2H3,(H,23,24). The van der Waals surface area contributed by atoms with Gasteiger partial charge in [0.15, 0.2) is 11.5 Å². The van der Waals surface area contributed by atoms with Crippen LogP contribution in [0.1, 0.15) is 35.8 Å². The van der Waals surface area contributed by atoms with Gasteiger partial charge in [-0.2, -0.15) is 0 Å². The fourth-order valence-electron chi connectivity index (χ4n) is 3.21. The molecule has 0 saturated heterocycles. The Morgan fingerprint density at radius 2 is 1.81 bits per heavy atom. The van der Waals surface area contributed by atoms with E-state index in [1.165, 1.54) is 0 Å². The number of rotatable bonds is 5. The van der Waals surface area contributed by atoms with Crippen LogP contribution in [-0.4, -0.2) is 19.3 Å². The first-order valence-electron chi connectivity index (χ1n) is 9.01. The SMILES string of the molecule is CCOc1cc2ccccc2cc1C(=O)NC(C)c1ccc2c(c1)OCO2. The van der Waals surface area contributed by atoms with Crippen molar-refractivity contribution in [3.8, 4) is 17.2 Å². The van der Waals surface area contributed by atoms with Crippen molar-refractivity contribution in [2.45, 2.75) is 19.9 Å². The quantitative estimate of drug-likeness (QED) is 0.727. The highest BCUT2D eigenvalue weighted by Crippen LogP contribution is 2.34. The van der Waals surface area contributed by atoms with Gasteiger partial charge in [0, 0.05) is 0 Å². The normalized spacial score (nSPS) is 13.4. The summed E-state index contributed by atoms with van der Waals surface area (Å²) in [5.41, 5.74) is 1.48. The van der Waals surface area contributed by atoms with E-state index >= 15 is 0 Å². The molecule has 0 aliphatic carbocycles. The first kappa shape index (κ1) is 17.2. The van der Waals surface area contributed by atoms with Gasteiger partial charge in [0.05, 0.1) is 18.2 Å². The molecule has 1 amide bonds. The molecule has 1 atom stereocenters. The smallest absolute Gasteiger partial charge is 0.255 e. The molecule has 5 nitrogen and oxygen atoms in total. The van der Waals surface area contributed by atoms with Crippen molar-refractivity contribution in [3.05, 3.63) is 65.7 Å². The van der Waals surface area contributed by atoms with E-state index in [1.54, 1.807) is 0 Å². The number of fused-ring (bicyclic) bond motifs is 2. The van der Waals surface area contributed by atoms with E-state index in [4.69, 9.17) is 14.2 Å². The molecule has 1 unspecified atom stereocenters. The zero-order valence-corrected chi connectivity index (χ0v) is 15.3. The molecule has 138 valence electrons. The zero-order valence-electron chi connectivity index (χ0n) is 15.3. The number of amides is 1. The van der Waals surface area contributed by atoms with Crippen molar-refractivity contribution >= 4 is 16.7 Å². The van der Waals surface area contributed by atoms with Crippen molar-refractivity contribution in [1.82, 2.24) is 5.32 Å². The summed E-state index contributed by atoms with van der Waals surface area (Å²) >= 11 is 0. The van der Waals surface area contributed by atoms with Crippen molar-refractivity contribution in [3.63, 3.8) is 0 Å². The highest BCUT2D eigenvalue weighted by Gasteiger charge is 2.19. The predicted octanol–water partition coefficient (Wildman–Crippen LogP) is 4.46. The number of hydrogen-bond donors (Lipinski definition) is 1. The van der Waals surface area contributed by atoms with Crippen LogP contribution >= 0.6 is 0 Å². The zero-order chi connectivity index (χ0) is 18.8. The monoisotopic (exact) mass is 363 g/mol. The predicted molar refractivity (Wildman–Crippen MR) is 104 cm³/mol. The van der Waals surface area contributed by atoms with Crippen LogP contribution in [0.4, 0.5) is 0 Å². The number of carbonyl (C=O) groups excluding carboxylic acids is 1. The summed E-state index contributed by atoms with van der Waals surface area (Å²) < 4.78 is 16.5. The van der Waals surface area contributed by atoms with Crippen LogP contribution < -0.4 is 19.5 Å². The lowest BCUT2D eigenvalue weighted by Gasteiger charge is -2.17. The van der Waals surface area contributed by atoms with E-state index < -0.39 is 0 Å². The molecular formula is C22H21NO4. The molecule has 27 heavy (non-hydrogen) atoms. The second-order valence-corrected chi connectivity index (χ2v) is 6.44. The molecule has 5 heteroatoms. The maximum Gasteiger partial charge on any atom is 0.255 e. The number of nitrogens with one attached hydrogen (secondary N) is 1. The van der Waals surface area contributed by atoms with Crippen LogP contribution in [-0.2, 0) is 0 Å². The number of benzene rings is 3. The Labute approximate surface area is 157 Å². The fraction of sp³-hybridized carbons (Fsp3) is 0.227. The van der Waals surface area contributed by atoms with E-state index in [0.717, 1.165) is 22.1 Å². The molecule has 1 aliphatic rings. The number of carbonyl (C=O) groups is 1. The maximum atomic E-state index is 13.0. The Morgan fingerprint density at radius 1 is 1.07 bits per heavy atom. The highest BCUT2D eigenvalue weighted by atomic mass is 16.7. The lowest BCUT2D eigenvalue weighted by Crippen LogP contribution is -2.27. The Morgan fingerprint density at radius 3 is 2.59 bits per heavy atom. The van der Waals surface area contributed by atoms with E-state index in [-0.39, 0.29) is 18.7 Å². The average Bonchev–Trinajstić information content (AvgIpc) is 3.15. The second-order valence-electron chi connectivity index (χ2n) is 6.44. The lowest BCUT2D eigenvalue weighted by molar-refractivity contribution is 0.0936. The van der Waals surface area contributed by atoms with Gasteiger partial charge < -0.3 is 19.5 Å². The van der Waals surface area contributed by atoms with Crippen LogP contribution in [0.25, 0.3) is 10.8 Å². The molecule has 4 rings (SSSR count). The minimum Gasteiger partial charge on any atom is -0.493 e. The summed E-state index contributed by atoms with van der Waals surface area (Å²) in [7, 11) is 0. The number of hydrogen-bond acceptors (Lipinski definition) is 4. The third-order valence-corrected chi connectivity index (χ3v) is 4.64. The third-order valence-electron chi connectivity index (χ3n) is 4.64. The minimum atomic E-state index is -0.187. The molecule has 1 N–H and O–H groups in total. The van der Waals surface area contributed by atoms with E-state index in [1.807, 2.05) is 68.4 Å². The summed E-state index contributed by atoms with van der Waals surface area (Å²) in [4.78, 5) is 13.0. The largest absolute Gasteiger partial charge is 0.493 e. The molecule has 1 aliphatic heterocycles. The van der Waals surface area contributed by atoms with Crippen molar-refractivity contribution < 1.29 is 19.0 Å². The molecule has 0 fully saturated rings. The van der Waals surface area contributed by atoms with Crippen LogP contribution in [0, 0.1) is 0 Å². The van der Waals surface area contributed by atoms with Gasteiger partial charge in [0.2, 0.25) is 6.79 Å². The van der Waals surface area contributed by atoms with Gasteiger partial charge in [-0.1, -0.05) is 30.3 Å². The molecule has 0 bridgehead atoms. The lowest BCUT2D eigenvalue weighted by atomic mass is 10.0. The first-order chi connectivity index (χ1) is 13.2. The highest BCUT2D eigenvalue weighted by molar-refractivity contribution is 6.01. The van der Waals surface area contributed by atoms with E-state index in [2.05, 4.69) is 5.32 Å². The Balaban J connectivity index is 1.61. The van der Waals surface area contributed by atoms with E-state index in [0.29, 0.717) is 23.7 Å². The Hall–Kier alpha value is -3.21.